The topological polar surface area (TPSA) is 28.7 Å². The van der Waals surface area contributed by atoms with E-state index in [1.807, 2.05) is 23.5 Å². The lowest BCUT2D eigenvalue weighted by molar-refractivity contribution is 0.749. The quantitative estimate of drug-likeness (QED) is 0.845. The molecule has 0 aliphatic carbocycles. The zero-order chi connectivity index (χ0) is 11.5. The van der Waals surface area contributed by atoms with E-state index < -0.39 is 0 Å². The van der Waals surface area contributed by atoms with Crippen LogP contribution in [0.3, 0.4) is 0 Å². The largest absolute Gasteiger partial charge is 0.345 e. The van der Waals surface area contributed by atoms with Gasteiger partial charge in [0.1, 0.15) is 10.5 Å². The Morgan fingerprint density at radius 3 is 3.06 bits per heavy atom. The highest BCUT2D eigenvalue weighted by Crippen LogP contribution is 2.29. The van der Waals surface area contributed by atoms with Crippen LogP contribution in [0, 0.1) is 10.6 Å². The Morgan fingerprint density at radius 2 is 2.31 bits per heavy atom. The molecule has 0 radical (unpaired) electrons. The van der Waals surface area contributed by atoms with Crippen LogP contribution in [-0.4, -0.2) is 15.7 Å². The number of aromatic amines is 1. The molecule has 1 aliphatic heterocycles. The summed E-state index contributed by atoms with van der Waals surface area (Å²) in [6.45, 7) is 4.48. The molecule has 2 rings (SSSR count). The Labute approximate surface area is 110 Å². The number of thioether (sulfide) groups is 2. The first-order chi connectivity index (χ1) is 7.66. The Bertz CT molecular complexity index is 426. The summed E-state index contributed by atoms with van der Waals surface area (Å²) in [6, 6.07) is 0. The zero-order valence-corrected chi connectivity index (χ0v) is 12.0. The molecule has 0 amide bonds. The van der Waals surface area contributed by atoms with Gasteiger partial charge in [-0.15, -0.1) is 0 Å². The predicted molar refractivity (Wildman–Crippen MR) is 75.4 cm³/mol. The molecule has 1 N–H and O–H groups in total. The van der Waals surface area contributed by atoms with Gasteiger partial charge < -0.3 is 4.98 Å². The number of rotatable bonds is 4. The number of aromatic nitrogens is 2. The molecule has 0 bridgehead atoms. The van der Waals surface area contributed by atoms with Gasteiger partial charge in [-0.25, -0.2) is 4.98 Å². The van der Waals surface area contributed by atoms with E-state index in [4.69, 9.17) is 12.2 Å². The molecule has 0 saturated heterocycles. The number of hydrogen-bond acceptors (Lipinski definition) is 4. The average Bonchev–Trinajstić information content (AvgIpc) is 2.65. The van der Waals surface area contributed by atoms with Crippen LogP contribution in [0.4, 0.5) is 0 Å². The molecule has 1 aromatic rings. The van der Waals surface area contributed by atoms with Crippen LogP contribution in [0.15, 0.2) is 0 Å². The maximum atomic E-state index is 5.31. The van der Waals surface area contributed by atoms with E-state index in [-0.39, 0.29) is 0 Å². The second kappa shape index (κ2) is 5.56. The smallest absolute Gasteiger partial charge is 0.134 e. The first-order valence-corrected chi connectivity index (χ1v) is 8.15. The fourth-order valence-corrected chi connectivity index (χ4v) is 3.97. The molecule has 0 aromatic carbocycles. The van der Waals surface area contributed by atoms with E-state index in [0.717, 1.165) is 33.6 Å². The molecule has 0 unspecified atom stereocenters. The van der Waals surface area contributed by atoms with Crippen LogP contribution in [0.1, 0.15) is 30.9 Å². The molecule has 2 nitrogen and oxygen atoms in total. The fourth-order valence-electron chi connectivity index (χ4n) is 1.58. The first-order valence-electron chi connectivity index (χ1n) is 5.43. The van der Waals surface area contributed by atoms with Crippen LogP contribution < -0.4 is 0 Å². The predicted octanol–water partition coefficient (Wildman–Crippen LogP) is 3.78. The van der Waals surface area contributed by atoms with Crippen LogP contribution in [0.25, 0.3) is 0 Å². The lowest BCUT2D eigenvalue weighted by Gasteiger charge is -2.06. The van der Waals surface area contributed by atoms with Gasteiger partial charge >= 0.3 is 0 Å². The van der Waals surface area contributed by atoms with E-state index in [1.54, 1.807) is 0 Å². The van der Waals surface area contributed by atoms with E-state index in [0.29, 0.717) is 0 Å². The standard InChI is InChI=1S/C11H16N2S3/c1-7(2)3-15-6-10-12-9-5-16-4-8(9)11(14)13-10/h7H,3-6H2,1-2H3,(H,12,13,14). The number of nitrogens with one attached hydrogen (secondary N) is 1. The Morgan fingerprint density at radius 1 is 1.50 bits per heavy atom. The summed E-state index contributed by atoms with van der Waals surface area (Å²) < 4.78 is 0.805. The van der Waals surface area contributed by atoms with Crippen molar-refractivity contribution in [2.75, 3.05) is 5.75 Å². The van der Waals surface area contributed by atoms with Crippen molar-refractivity contribution in [3.63, 3.8) is 0 Å². The second-order valence-corrected chi connectivity index (χ2v) is 6.75. The van der Waals surface area contributed by atoms with Crippen molar-refractivity contribution in [1.29, 1.82) is 0 Å². The van der Waals surface area contributed by atoms with Gasteiger partial charge in [0.2, 0.25) is 0 Å². The summed E-state index contributed by atoms with van der Waals surface area (Å²) in [4.78, 5) is 7.89. The molecule has 0 spiro atoms. The highest BCUT2D eigenvalue weighted by Gasteiger charge is 2.14. The van der Waals surface area contributed by atoms with Gasteiger partial charge in [0.15, 0.2) is 0 Å². The fraction of sp³-hybridized carbons (Fsp3) is 0.636. The molecule has 2 heterocycles. The molecular formula is C11H16N2S3. The minimum Gasteiger partial charge on any atom is -0.345 e. The van der Waals surface area contributed by atoms with Gasteiger partial charge in [0.05, 0.1) is 5.75 Å². The summed E-state index contributed by atoms with van der Waals surface area (Å²) in [6.07, 6.45) is 0. The van der Waals surface area contributed by atoms with Crippen LogP contribution in [0.5, 0.6) is 0 Å². The number of hydrogen-bond donors (Lipinski definition) is 1. The summed E-state index contributed by atoms with van der Waals surface area (Å²) in [5, 5.41) is 0. The van der Waals surface area contributed by atoms with E-state index in [2.05, 4.69) is 23.8 Å². The van der Waals surface area contributed by atoms with Crippen LogP contribution in [0.2, 0.25) is 0 Å². The van der Waals surface area contributed by atoms with E-state index >= 15 is 0 Å². The molecule has 88 valence electrons. The van der Waals surface area contributed by atoms with Crippen molar-refractivity contribution in [1.82, 2.24) is 9.97 Å². The van der Waals surface area contributed by atoms with Crippen molar-refractivity contribution in [3.8, 4) is 0 Å². The molecule has 1 aromatic heterocycles. The lowest BCUT2D eigenvalue weighted by atomic mass is 10.3. The third-order valence-corrected chi connectivity index (χ3v) is 5.04. The highest BCUT2D eigenvalue weighted by molar-refractivity contribution is 7.98. The third kappa shape index (κ3) is 3.02. The van der Waals surface area contributed by atoms with Gasteiger partial charge in [0.25, 0.3) is 0 Å². The van der Waals surface area contributed by atoms with Gasteiger partial charge in [-0.2, -0.15) is 23.5 Å². The van der Waals surface area contributed by atoms with E-state index in [1.165, 1.54) is 17.0 Å². The summed E-state index contributed by atoms with van der Waals surface area (Å²) in [5.41, 5.74) is 2.54. The summed E-state index contributed by atoms with van der Waals surface area (Å²) >= 11 is 9.15. The third-order valence-electron chi connectivity index (χ3n) is 2.34. The Balaban J connectivity index is 2.06. The van der Waals surface area contributed by atoms with Gasteiger partial charge in [0, 0.05) is 22.8 Å². The van der Waals surface area contributed by atoms with Crippen molar-refractivity contribution in [3.05, 3.63) is 21.7 Å². The molecule has 5 heteroatoms. The van der Waals surface area contributed by atoms with Crippen molar-refractivity contribution in [2.45, 2.75) is 31.1 Å². The van der Waals surface area contributed by atoms with Crippen molar-refractivity contribution < 1.29 is 0 Å². The van der Waals surface area contributed by atoms with E-state index in [9.17, 15) is 0 Å². The minimum atomic E-state index is 0.734. The highest BCUT2D eigenvalue weighted by atomic mass is 32.2. The zero-order valence-electron chi connectivity index (χ0n) is 9.58. The molecule has 0 fully saturated rings. The van der Waals surface area contributed by atoms with Crippen LogP contribution >= 0.6 is 35.7 Å². The minimum absolute atomic E-state index is 0.734. The van der Waals surface area contributed by atoms with Crippen molar-refractivity contribution in [2.24, 2.45) is 5.92 Å². The summed E-state index contributed by atoms with van der Waals surface area (Å²) in [5.74, 6) is 5.98. The molecular weight excluding hydrogens is 256 g/mol. The number of fused-ring (bicyclic) bond motifs is 1. The molecule has 0 saturated carbocycles. The van der Waals surface area contributed by atoms with Gasteiger partial charge in [-0.1, -0.05) is 26.1 Å². The van der Waals surface area contributed by atoms with Gasteiger partial charge in [-0.3, -0.25) is 0 Å². The lowest BCUT2D eigenvalue weighted by Crippen LogP contribution is -2.01. The number of H-pyrrole nitrogens is 1. The maximum Gasteiger partial charge on any atom is 0.134 e. The molecule has 1 aliphatic rings. The second-order valence-electron chi connectivity index (χ2n) is 4.35. The van der Waals surface area contributed by atoms with Crippen LogP contribution in [-0.2, 0) is 17.3 Å². The molecule has 0 atom stereocenters. The monoisotopic (exact) mass is 272 g/mol. The normalized spacial score (nSPS) is 14.4. The van der Waals surface area contributed by atoms with Crippen molar-refractivity contribution >= 4 is 35.7 Å². The Kier molecular flexibility index (Phi) is 4.33. The van der Waals surface area contributed by atoms with Gasteiger partial charge in [-0.05, 0) is 11.7 Å². The number of nitrogens with zero attached hydrogens (tertiary/aromatic N) is 1. The Hall–Kier alpha value is -0.000000000000000111. The average molecular weight is 272 g/mol. The SMILES string of the molecule is CC(C)CSCc1nc(=S)c2c([nH]1)CSC2. The summed E-state index contributed by atoms with van der Waals surface area (Å²) in [7, 11) is 0. The molecule has 16 heavy (non-hydrogen) atoms. The first kappa shape index (κ1) is 12.5. The maximum absolute atomic E-state index is 5.31.